The molecule has 1 unspecified atom stereocenters. The normalized spacial score (nSPS) is 18.7. The molecular formula is C15H14BrNO2. The molecule has 19 heavy (non-hydrogen) atoms. The van der Waals surface area contributed by atoms with Crippen LogP contribution in [0.15, 0.2) is 40.9 Å². The zero-order chi connectivity index (χ0) is 13.2. The fourth-order valence-electron chi connectivity index (χ4n) is 2.37. The number of fused-ring (bicyclic) bond motifs is 1. The lowest BCUT2D eigenvalue weighted by Crippen LogP contribution is -2.26. The summed E-state index contributed by atoms with van der Waals surface area (Å²) in [7, 11) is 0. The van der Waals surface area contributed by atoms with Crippen LogP contribution in [0.25, 0.3) is 10.8 Å². The summed E-state index contributed by atoms with van der Waals surface area (Å²) in [6, 6.07) is 11.9. The van der Waals surface area contributed by atoms with Gasteiger partial charge in [0.1, 0.15) is 6.10 Å². The highest BCUT2D eigenvalue weighted by atomic mass is 79.9. The van der Waals surface area contributed by atoms with Gasteiger partial charge in [-0.25, -0.2) is 0 Å². The first-order valence-corrected chi connectivity index (χ1v) is 7.15. The highest BCUT2D eigenvalue weighted by Gasteiger charge is 2.23. The van der Waals surface area contributed by atoms with Crippen molar-refractivity contribution < 1.29 is 9.53 Å². The van der Waals surface area contributed by atoms with Crippen LogP contribution in [0.5, 0.6) is 0 Å². The van der Waals surface area contributed by atoms with Crippen molar-refractivity contribution in [3.05, 3.63) is 40.9 Å². The molecule has 2 aromatic carbocycles. The standard InChI is InChI=1S/C15H14BrNO2/c16-12-7-8-13(11-5-2-1-4-10(11)12)17-15(18)14-6-3-9-19-14/h1-2,4-5,7-8,14H,3,6,9H2,(H,17,18). The number of halogens is 1. The van der Waals surface area contributed by atoms with Gasteiger partial charge in [-0.2, -0.15) is 0 Å². The topological polar surface area (TPSA) is 38.3 Å². The van der Waals surface area contributed by atoms with E-state index in [4.69, 9.17) is 4.74 Å². The number of carbonyl (C=O) groups excluding carboxylic acids is 1. The van der Waals surface area contributed by atoms with Gasteiger partial charge in [0.15, 0.2) is 0 Å². The van der Waals surface area contributed by atoms with Gasteiger partial charge in [-0.05, 0) is 30.4 Å². The van der Waals surface area contributed by atoms with Crippen LogP contribution < -0.4 is 5.32 Å². The summed E-state index contributed by atoms with van der Waals surface area (Å²) in [4.78, 5) is 12.1. The van der Waals surface area contributed by atoms with Crippen LogP contribution >= 0.6 is 15.9 Å². The van der Waals surface area contributed by atoms with E-state index in [2.05, 4.69) is 21.2 Å². The minimum absolute atomic E-state index is 0.0509. The maximum Gasteiger partial charge on any atom is 0.253 e. The predicted octanol–water partition coefficient (Wildman–Crippen LogP) is 3.72. The summed E-state index contributed by atoms with van der Waals surface area (Å²) in [5.41, 5.74) is 0.833. The van der Waals surface area contributed by atoms with Crippen molar-refractivity contribution in [3.63, 3.8) is 0 Å². The molecule has 2 aromatic rings. The Kier molecular flexibility index (Phi) is 3.53. The average Bonchev–Trinajstić information content (AvgIpc) is 2.96. The first kappa shape index (κ1) is 12.6. The fourth-order valence-corrected chi connectivity index (χ4v) is 2.85. The lowest BCUT2D eigenvalue weighted by molar-refractivity contribution is -0.124. The molecule has 0 aromatic heterocycles. The second kappa shape index (κ2) is 5.31. The Bertz CT molecular complexity index is 621. The van der Waals surface area contributed by atoms with Crippen LogP contribution in [-0.2, 0) is 9.53 Å². The van der Waals surface area contributed by atoms with E-state index in [9.17, 15) is 4.79 Å². The van der Waals surface area contributed by atoms with Crippen molar-refractivity contribution in [1.29, 1.82) is 0 Å². The van der Waals surface area contributed by atoms with Crippen molar-refractivity contribution in [2.24, 2.45) is 0 Å². The van der Waals surface area contributed by atoms with Crippen LogP contribution in [0.3, 0.4) is 0 Å². The molecule has 98 valence electrons. The van der Waals surface area contributed by atoms with Gasteiger partial charge in [0, 0.05) is 22.2 Å². The Morgan fingerprint density at radius 3 is 2.74 bits per heavy atom. The van der Waals surface area contributed by atoms with E-state index in [0.29, 0.717) is 6.61 Å². The molecule has 3 nitrogen and oxygen atoms in total. The lowest BCUT2D eigenvalue weighted by Gasteiger charge is -2.13. The SMILES string of the molecule is O=C(Nc1ccc(Br)c2ccccc12)C1CCCO1. The molecule has 3 rings (SSSR count). The third-order valence-corrected chi connectivity index (χ3v) is 4.04. The van der Waals surface area contributed by atoms with Gasteiger partial charge in [0.25, 0.3) is 5.91 Å². The van der Waals surface area contributed by atoms with Crippen molar-refractivity contribution in [1.82, 2.24) is 0 Å². The second-order valence-corrected chi connectivity index (χ2v) is 5.49. The van der Waals surface area contributed by atoms with E-state index in [1.807, 2.05) is 36.4 Å². The number of anilines is 1. The van der Waals surface area contributed by atoms with Gasteiger partial charge in [0.05, 0.1) is 0 Å². The van der Waals surface area contributed by atoms with E-state index in [0.717, 1.165) is 33.8 Å². The Balaban J connectivity index is 1.92. The monoisotopic (exact) mass is 319 g/mol. The number of ether oxygens (including phenoxy) is 1. The molecule has 1 atom stereocenters. The van der Waals surface area contributed by atoms with Gasteiger partial charge in [-0.15, -0.1) is 0 Å². The van der Waals surface area contributed by atoms with Crippen molar-refractivity contribution in [3.8, 4) is 0 Å². The zero-order valence-corrected chi connectivity index (χ0v) is 11.9. The predicted molar refractivity (Wildman–Crippen MR) is 79.3 cm³/mol. The van der Waals surface area contributed by atoms with Gasteiger partial charge in [-0.3, -0.25) is 4.79 Å². The summed E-state index contributed by atoms with van der Waals surface area (Å²) in [6.07, 6.45) is 1.46. The highest BCUT2D eigenvalue weighted by Crippen LogP contribution is 2.30. The molecule has 0 saturated carbocycles. The zero-order valence-electron chi connectivity index (χ0n) is 10.4. The minimum Gasteiger partial charge on any atom is -0.368 e. The van der Waals surface area contributed by atoms with Crippen LogP contribution in [0.2, 0.25) is 0 Å². The van der Waals surface area contributed by atoms with Crippen molar-refractivity contribution >= 4 is 38.3 Å². The first-order chi connectivity index (χ1) is 9.25. The molecule has 1 heterocycles. The third kappa shape index (κ3) is 2.51. The molecule has 1 amide bonds. The second-order valence-electron chi connectivity index (χ2n) is 4.63. The summed E-state index contributed by atoms with van der Waals surface area (Å²) in [5.74, 6) is -0.0509. The molecule has 0 aliphatic carbocycles. The third-order valence-electron chi connectivity index (χ3n) is 3.35. The Labute approximate surface area is 120 Å². The highest BCUT2D eigenvalue weighted by molar-refractivity contribution is 9.10. The summed E-state index contributed by atoms with van der Waals surface area (Å²) in [5, 5.41) is 5.09. The first-order valence-electron chi connectivity index (χ1n) is 6.35. The van der Waals surface area contributed by atoms with E-state index in [-0.39, 0.29) is 12.0 Å². The molecule has 1 N–H and O–H groups in total. The number of hydrogen-bond donors (Lipinski definition) is 1. The largest absolute Gasteiger partial charge is 0.368 e. The van der Waals surface area contributed by atoms with Gasteiger partial charge >= 0.3 is 0 Å². The molecule has 1 aliphatic rings. The number of rotatable bonds is 2. The van der Waals surface area contributed by atoms with E-state index in [1.54, 1.807) is 0 Å². The number of hydrogen-bond acceptors (Lipinski definition) is 2. The van der Waals surface area contributed by atoms with Crippen LogP contribution in [0.1, 0.15) is 12.8 Å². The molecule has 1 fully saturated rings. The molecule has 1 aliphatic heterocycles. The number of nitrogens with one attached hydrogen (secondary N) is 1. The Hall–Kier alpha value is -1.39. The average molecular weight is 320 g/mol. The van der Waals surface area contributed by atoms with Crippen molar-refractivity contribution in [2.45, 2.75) is 18.9 Å². The lowest BCUT2D eigenvalue weighted by atomic mass is 10.1. The quantitative estimate of drug-likeness (QED) is 0.916. The maximum absolute atomic E-state index is 12.1. The Morgan fingerprint density at radius 1 is 1.21 bits per heavy atom. The molecule has 0 radical (unpaired) electrons. The summed E-state index contributed by atoms with van der Waals surface area (Å²) in [6.45, 7) is 0.680. The molecule has 0 spiro atoms. The molecular weight excluding hydrogens is 306 g/mol. The van der Waals surface area contributed by atoms with Crippen LogP contribution in [0.4, 0.5) is 5.69 Å². The summed E-state index contributed by atoms with van der Waals surface area (Å²) >= 11 is 3.53. The Morgan fingerprint density at radius 2 is 2.00 bits per heavy atom. The maximum atomic E-state index is 12.1. The smallest absolute Gasteiger partial charge is 0.253 e. The van der Waals surface area contributed by atoms with Crippen LogP contribution in [0, 0.1) is 0 Å². The molecule has 1 saturated heterocycles. The molecule has 0 bridgehead atoms. The van der Waals surface area contributed by atoms with E-state index >= 15 is 0 Å². The van der Waals surface area contributed by atoms with E-state index < -0.39 is 0 Å². The van der Waals surface area contributed by atoms with E-state index in [1.165, 1.54) is 0 Å². The van der Waals surface area contributed by atoms with Gasteiger partial charge < -0.3 is 10.1 Å². The van der Waals surface area contributed by atoms with Gasteiger partial charge in [-0.1, -0.05) is 40.2 Å². The number of carbonyl (C=O) groups is 1. The fraction of sp³-hybridized carbons (Fsp3) is 0.267. The van der Waals surface area contributed by atoms with Crippen molar-refractivity contribution in [2.75, 3.05) is 11.9 Å². The number of benzene rings is 2. The summed E-state index contributed by atoms with van der Waals surface area (Å²) < 4.78 is 6.43. The van der Waals surface area contributed by atoms with Crippen LogP contribution in [-0.4, -0.2) is 18.6 Å². The van der Waals surface area contributed by atoms with Gasteiger partial charge in [0.2, 0.25) is 0 Å². The number of amides is 1. The molecule has 4 heteroatoms. The minimum atomic E-state index is -0.303.